The van der Waals surface area contributed by atoms with Gasteiger partial charge in [-0.25, -0.2) is 8.42 Å². The molecule has 0 amide bonds. The van der Waals surface area contributed by atoms with Crippen LogP contribution in [0.25, 0.3) is 0 Å². The van der Waals surface area contributed by atoms with Crippen molar-refractivity contribution < 1.29 is 17.9 Å². The van der Waals surface area contributed by atoms with E-state index in [1.54, 1.807) is 31.4 Å². The number of hydrogen-bond acceptors (Lipinski definition) is 5. The first-order valence-corrected chi connectivity index (χ1v) is 11.6. The maximum atomic E-state index is 12.4. The third kappa shape index (κ3) is 7.41. The average Bonchev–Trinajstić information content (AvgIpc) is 3.17. The van der Waals surface area contributed by atoms with E-state index in [-0.39, 0.29) is 5.75 Å². The van der Waals surface area contributed by atoms with Gasteiger partial charge < -0.3 is 19.7 Å². The monoisotopic (exact) mass is 411 g/mol. The molecular formula is C20H33N3O4S. The van der Waals surface area contributed by atoms with Crippen LogP contribution in [0.2, 0.25) is 0 Å². The lowest BCUT2D eigenvalue weighted by Crippen LogP contribution is -2.40. The lowest BCUT2D eigenvalue weighted by molar-refractivity contribution is 0.0536. The first-order valence-electron chi connectivity index (χ1n) is 9.94. The van der Waals surface area contributed by atoms with Crippen molar-refractivity contribution >= 4 is 15.8 Å². The van der Waals surface area contributed by atoms with Gasteiger partial charge in [-0.3, -0.25) is 4.99 Å². The zero-order valence-electron chi connectivity index (χ0n) is 17.0. The molecule has 1 aliphatic rings. The van der Waals surface area contributed by atoms with Gasteiger partial charge in [0.1, 0.15) is 0 Å². The molecule has 2 rings (SSSR count). The van der Waals surface area contributed by atoms with Gasteiger partial charge in [0.15, 0.2) is 15.8 Å². The Labute approximate surface area is 169 Å². The Morgan fingerprint density at radius 2 is 2.07 bits per heavy atom. The molecule has 1 aliphatic heterocycles. The Balaban J connectivity index is 1.80. The summed E-state index contributed by atoms with van der Waals surface area (Å²) >= 11 is 0. The molecule has 1 aromatic carbocycles. The van der Waals surface area contributed by atoms with Crippen molar-refractivity contribution in [2.45, 2.75) is 24.7 Å². The molecule has 158 valence electrons. The number of benzene rings is 1. The third-order valence-corrected chi connectivity index (χ3v) is 6.46. The normalized spacial score (nSPS) is 17.9. The van der Waals surface area contributed by atoms with E-state index in [0.717, 1.165) is 38.6 Å². The standard InChI is InChI=1S/C20H33N3O4S/c1-3-21-20(23-12-10-18(16-23)17-27-14-13-26-2)22-11-7-15-28(24,25)19-8-5-4-6-9-19/h4-6,8-9,18H,3,7,10-17H2,1-2H3,(H,21,22). The number of hydrogen-bond donors (Lipinski definition) is 1. The summed E-state index contributed by atoms with van der Waals surface area (Å²) in [6.07, 6.45) is 1.57. The van der Waals surface area contributed by atoms with Crippen molar-refractivity contribution in [2.75, 3.05) is 58.9 Å². The van der Waals surface area contributed by atoms with E-state index in [1.807, 2.05) is 13.0 Å². The highest BCUT2D eigenvalue weighted by atomic mass is 32.2. The molecule has 0 aromatic heterocycles. The molecule has 1 aromatic rings. The van der Waals surface area contributed by atoms with Crippen LogP contribution in [-0.4, -0.2) is 78.1 Å². The summed E-state index contributed by atoms with van der Waals surface area (Å²) in [6, 6.07) is 8.59. The number of nitrogens with zero attached hydrogens (tertiary/aromatic N) is 2. The molecule has 1 fully saturated rings. The molecule has 1 unspecified atom stereocenters. The Bertz CT molecular complexity index is 695. The fourth-order valence-electron chi connectivity index (χ4n) is 3.16. The summed E-state index contributed by atoms with van der Waals surface area (Å²) in [4.78, 5) is 7.25. The summed E-state index contributed by atoms with van der Waals surface area (Å²) in [7, 11) is -1.57. The molecule has 1 saturated heterocycles. The van der Waals surface area contributed by atoms with Gasteiger partial charge >= 0.3 is 0 Å². The minimum absolute atomic E-state index is 0.107. The second-order valence-electron chi connectivity index (χ2n) is 6.89. The smallest absolute Gasteiger partial charge is 0.193 e. The quantitative estimate of drug-likeness (QED) is 0.340. The number of methoxy groups -OCH3 is 1. The van der Waals surface area contributed by atoms with E-state index in [1.165, 1.54) is 0 Å². The highest BCUT2D eigenvalue weighted by Crippen LogP contribution is 2.17. The Kier molecular flexibility index (Phi) is 9.73. The lowest BCUT2D eigenvalue weighted by Gasteiger charge is -2.21. The van der Waals surface area contributed by atoms with Gasteiger partial charge in [0.2, 0.25) is 0 Å². The Morgan fingerprint density at radius 3 is 2.79 bits per heavy atom. The Morgan fingerprint density at radius 1 is 1.29 bits per heavy atom. The minimum Gasteiger partial charge on any atom is -0.382 e. The summed E-state index contributed by atoms with van der Waals surface area (Å²) in [6.45, 7) is 7.12. The molecule has 0 bridgehead atoms. The first-order chi connectivity index (χ1) is 13.6. The number of aliphatic imine (C=N–C) groups is 1. The van der Waals surface area contributed by atoms with Crippen LogP contribution < -0.4 is 5.32 Å². The number of likely N-dealkylation sites (tertiary alicyclic amines) is 1. The van der Waals surface area contributed by atoms with Crippen LogP contribution in [0.3, 0.4) is 0 Å². The van der Waals surface area contributed by atoms with Crippen LogP contribution in [0, 0.1) is 5.92 Å². The summed E-state index contributed by atoms with van der Waals surface area (Å²) in [5, 5.41) is 3.32. The van der Waals surface area contributed by atoms with Crippen molar-refractivity contribution in [1.82, 2.24) is 10.2 Å². The van der Waals surface area contributed by atoms with Crippen molar-refractivity contribution in [3.63, 3.8) is 0 Å². The van der Waals surface area contributed by atoms with E-state index < -0.39 is 9.84 Å². The van der Waals surface area contributed by atoms with Crippen LogP contribution >= 0.6 is 0 Å². The minimum atomic E-state index is -3.24. The largest absolute Gasteiger partial charge is 0.382 e. The highest BCUT2D eigenvalue weighted by molar-refractivity contribution is 7.91. The van der Waals surface area contributed by atoms with Crippen LogP contribution in [-0.2, 0) is 19.3 Å². The molecule has 28 heavy (non-hydrogen) atoms. The van der Waals surface area contributed by atoms with Gasteiger partial charge in [-0.2, -0.15) is 0 Å². The average molecular weight is 412 g/mol. The molecule has 1 atom stereocenters. The molecule has 0 spiro atoms. The predicted octanol–water partition coefficient (Wildman–Crippen LogP) is 1.80. The topological polar surface area (TPSA) is 80.2 Å². The molecule has 1 N–H and O–H groups in total. The van der Waals surface area contributed by atoms with Crippen molar-refractivity contribution in [1.29, 1.82) is 0 Å². The molecule has 7 nitrogen and oxygen atoms in total. The maximum Gasteiger partial charge on any atom is 0.193 e. The van der Waals surface area contributed by atoms with Crippen molar-refractivity contribution in [3.8, 4) is 0 Å². The fraction of sp³-hybridized carbons (Fsp3) is 0.650. The first kappa shape index (κ1) is 22.6. The van der Waals surface area contributed by atoms with Crippen LogP contribution in [0.1, 0.15) is 19.8 Å². The van der Waals surface area contributed by atoms with E-state index in [2.05, 4.69) is 15.2 Å². The van der Waals surface area contributed by atoms with Crippen LogP contribution in [0.15, 0.2) is 40.2 Å². The zero-order valence-corrected chi connectivity index (χ0v) is 17.8. The van der Waals surface area contributed by atoms with Gasteiger partial charge in [-0.15, -0.1) is 0 Å². The molecule has 0 saturated carbocycles. The number of rotatable bonds is 11. The lowest BCUT2D eigenvalue weighted by atomic mass is 10.1. The van der Waals surface area contributed by atoms with Gasteiger partial charge in [0.05, 0.1) is 30.5 Å². The van der Waals surface area contributed by atoms with E-state index in [4.69, 9.17) is 9.47 Å². The summed E-state index contributed by atoms with van der Waals surface area (Å²) in [5.74, 6) is 1.45. The van der Waals surface area contributed by atoms with Gasteiger partial charge in [-0.1, -0.05) is 18.2 Å². The molecule has 1 heterocycles. The molecule has 0 radical (unpaired) electrons. The molecular weight excluding hydrogens is 378 g/mol. The highest BCUT2D eigenvalue weighted by Gasteiger charge is 2.25. The van der Waals surface area contributed by atoms with Crippen LogP contribution in [0.5, 0.6) is 0 Å². The number of nitrogens with one attached hydrogen (secondary N) is 1. The van der Waals surface area contributed by atoms with Gasteiger partial charge in [-0.05, 0) is 31.9 Å². The van der Waals surface area contributed by atoms with Crippen molar-refractivity contribution in [2.24, 2.45) is 10.9 Å². The zero-order chi connectivity index (χ0) is 20.2. The number of guanidine groups is 1. The van der Waals surface area contributed by atoms with Crippen molar-refractivity contribution in [3.05, 3.63) is 30.3 Å². The van der Waals surface area contributed by atoms with E-state index in [9.17, 15) is 8.42 Å². The third-order valence-electron chi connectivity index (χ3n) is 4.64. The SMILES string of the molecule is CCNC(=NCCCS(=O)(=O)c1ccccc1)N1CCC(COCCOC)C1. The maximum absolute atomic E-state index is 12.4. The van der Waals surface area contributed by atoms with E-state index >= 15 is 0 Å². The van der Waals surface area contributed by atoms with Gasteiger partial charge in [0.25, 0.3) is 0 Å². The van der Waals surface area contributed by atoms with Crippen LogP contribution in [0.4, 0.5) is 0 Å². The second kappa shape index (κ2) is 12.0. The number of sulfone groups is 1. The molecule has 0 aliphatic carbocycles. The Hall–Kier alpha value is -1.64. The molecule has 8 heteroatoms. The predicted molar refractivity (Wildman–Crippen MR) is 111 cm³/mol. The van der Waals surface area contributed by atoms with Gasteiger partial charge in [0, 0.05) is 39.2 Å². The fourth-order valence-corrected chi connectivity index (χ4v) is 4.48. The second-order valence-corrected chi connectivity index (χ2v) is 9.00. The number of ether oxygens (including phenoxy) is 2. The summed E-state index contributed by atoms with van der Waals surface area (Å²) < 4.78 is 35.3. The summed E-state index contributed by atoms with van der Waals surface area (Å²) in [5.41, 5.74) is 0. The van der Waals surface area contributed by atoms with E-state index in [0.29, 0.717) is 37.0 Å².